The number of halogens is 2. The van der Waals surface area contributed by atoms with Gasteiger partial charge in [0.15, 0.2) is 0 Å². The summed E-state index contributed by atoms with van der Waals surface area (Å²) in [5, 5.41) is 0.778. The second-order valence-electron chi connectivity index (χ2n) is 3.16. The maximum atomic E-state index is 11.5. The van der Waals surface area contributed by atoms with Crippen molar-refractivity contribution in [1.29, 1.82) is 0 Å². The Balaban J connectivity index is 2.44. The van der Waals surface area contributed by atoms with Crippen molar-refractivity contribution < 1.29 is 9.53 Å². The monoisotopic (exact) mass is 351 g/mol. The molecule has 0 radical (unpaired) electrons. The first-order valence-corrected chi connectivity index (χ1v) is 7.34. The Kier molecular flexibility index (Phi) is 3.87. The van der Waals surface area contributed by atoms with Crippen molar-refractivity contribution in [2.24, 2.45) is 0 Å². The lowest BCUT2D eigenvalue weighted by molar-refractivity contribution is 0.0605. The fourth-order valence-electron chi connectivity index (χ4n) is 1.24. The standard InChI is InChI=1S/C10H7BrClNO2S2/c1-4-7(10(14)15-2)17-9(13-4)6-3-5(11)8(12)16-6/h3H,1-2H3. The zero-order chi connectivity index (χ0) is 12.6. The highest BCUT2D eigenvalue weighted by molar-refractivity contribution is 9.10. The van der Waals surface area contributed by atoms with E-state index in [2.05, 4.69) is 20.9 Å². The summed E-state index contributed by atoms with van der Waals surface area (Å²) in [6, 6.07) is 1.90. The summed E-state index contributed by atoms with van der Waals surface area (Å²) < 4.78 is 6.21. The Morgan fingerprint density at radius 2 is 2.24 bits per heavy atom. The average molecular weight is 353 g/mol. The van der Waals surface area contributed by atoms with Crippen LogP contribution in [0.25, 0.3) is 9.88 Å². The summed E-state index contributed by atoms with van der Waals surface area (Å²) in [5.74, 6) is -0.354. The van der Waals surface area contributed by atoms with Crippen molar-refractivity contribution in [1.82, 2.24) is 4.98 Å². The molecule has 0 spiro atoms. The minimum absolute atomic E-state index is 0.354. The normalized spacial score (nSPS) is 10.6. The summed E-state index contributed by atoms with van der Waals surface area (Å²) >= 11 is 12.1. The van der Waals surface area contributed by atoms with Gasteiger partial charge < -0.3 is 4.74 Å². The first kappa shape index (κ1) is 13.0. The van der Waals surface area contributed by atoms with Crippen molar-refractivity contribution in [2.45, 2.75) is 6.92 Å². The van der Waals surface area contributed by atoms with Crippen LogP contribution in [0.4, 0.5) is 0 Å². The molecule has 0 amide bonds. The van der Waals surface area contributed by atoms with Crippen LogP contribution in [0.2, 0.25) is 4.34 Å². The van der Waals surface area contributed by atoms with E-state index in [4.69, 9.17) is 16.3 Å². The Labute approximate surface area is 120 Å². The SMILES string of the molecule is COC(=O)c1sc(-c2cc(Br)c(Cl)s2)nc1C. The summed E-state index contributed by atoms with van der Waals surface area (Å²) in [5.41, 5.74) is 0.678. The maximum absolute atomic E-state index is 11.5. The van der Waals surface area contributed by atoms with Crippen molar-refractivity contribution in [3.05, 3.63) is 25.4 Å². The first-order chi connectivity index (χ1) is 8.02. The third-order valence-electron chi connectivity index (χ3n) is 2.02. The quantitative estimate of drug-likeness (QED) is 0.753. The number of nitrogens with zero attached hydrogens (tertiary/aromatic N) is 1. The summed E-state index contributed by atoms with van der Waals surface area (Å²) in [4.78, 5) is 17.3. The molecule has 0 aliphatic heterocycles. The highest BCUT2D eigenvalue weighted by Gasteiger charge is 2.18. The van der Waals surface area contributed by atoms with E-state index in [-0.39, 0.29) is 5.97 Å². The molecule has 7 heteroatoms. The molecule has 2 aromatic rings. The highest BCUT2D eigenvalue weighted by Crippen LogP contribution is 2.40. The van der Waals surface area contributed by atoms with Crippen molar-refractivity contribution in [3.8, 4) is 9.88 Å². The molecule has 0 N–H and O–H groups in total. The van der Waals surface area contributed by atoms with Gasteiger partial charge in [0.1, 0.15) is 14.2 Å². The Bertz CT molecular complexity index is 559. The van der Waals surface area contributed by atoms with Gasteiger partial charge in [-0.05, 0) is 28.9 Å². The number of carbonyl (C=O) groups excluding carboxylic acids is 1. The molecule has 90 valence electrons. The van der Waals surface area contributed by atoms with Gasteiger partial charge in [-0.15, -0.1) is 22.7 Å². The van der Waals surface area contributed by atoms with Crippen LogP contribution in [-0.4, -0.2) is 18.1 Å². The lowest BCUT2D eigenvalue weighted by atomic mass is 10.4. The van der Waals surface area contributed by atoms with Crippen LogP contribution in [0, 0.1) is 6.92 Å². The van der Waals surface area contributed by atoms with Crippen LogP contribution < -0.4 is 0 Å². The van der Waals surface area contributed by atoms with E-state index in [9.17, 15) is 4.79 Å². The Hall–Kier alpha value is -0.430. The largest absolute Gasteiger partial charge is 0.465 e. The van der Waals surface area contributed by atoms with Crippen molar-refractivity contribution in [2.75, 3.05) is 7.11 Å². The number of methoxy groups -OCH3 is 1. The third-order valence-corrected chi connectivity index (χ3v) is 5.80. The zero-order valence-corrected chi connectivity index (χ0v) is 12.9. The fraction of sp³-hybridized carbons (Fsp3) is 0.200. The summed E-state index contributed by atoms with van der Waals surface area (Å²) in [6.07, 6.45) is 0. The number of ether oxygens (including phenoxy) is 1. The molecule has 2 aromatic heterocycles. The second kappa shape index (κ2) is 5.06. The zero-order valence-electron chi connectivity index (χ0n) is 8.91. The van der Waals surface area contributed by atoms with Crippen molar-refractivity contribution in [3.63, 3.8) is 0 Å². The predicted molar refractivity (Wildman–Crippen MR) is 74.2 cm³/mol. The molecule has 0 bridgehead atoms. The number of hydrogen-bond donors (Lipinski definition) is 0. The smallest absolute Gasteiger partial charge is 0.349 e. The van der Waals surface area contributed by atoms with Crippen LogP contribution in [0.1, 0.15) is 15.4 Å². The van der Waals surface area contributed by atoms with Crippen LogP contribution in [0.3, 0.4) is 0 Å². The molecule has 0 aliphatic carbocycles. The lowest BCUT2D eigenvalue weighted by Crippen LogP contribution is -1.99. The molecular weight excluding hydrogens is 346 g/mol. The molecule has 0 unspecified atom stereocenters. The van der Waals surface area contributed by atoms with Crippen LogP contribution in [-0.2, 0) is 4.74 Å². The molecule has 0 saturated carbocycles. The molecule has 0 aromatic carbocycles. The van der Waals surface area contributed by atoms with Crippen LogP contribution in [0.15, 0.2) is 10.5 Å². The number of aryl methyl sites for hydroxylation is 1. The number of rotatable bonds is 2. The summed E-state index contributed by atoms with van der Waals surface area (Å²) in [7, 11) is 1.36. The first-order valence-electron chi connectivity index (χ1n) is 4.54. The molecule has 2 heterocycles. The number of aromatic nitrogens is 1. The van der Waals surface area contributed by atoms with E-state index in [0.717, 1.165) is 14.4 Å². The summed E-state index contributed by atoms with van der Waals surface area (Å²) in [6.45, 7) is 1.79. The van der Waals surface area contributed by atoms with E-state index >= 15 is 0 Å². The van der Waals surface area contributed by atoms with E-state index in [1.807, 2.05) is 6.07 Å². The topological polar surface area (TPSA) is 39.2 Å². The molecule has 0 atom stereocenters. The lowest BCUT2D eigenvalue weighted by Gasteiger charge is -1.93. The van der Waals surface area contributed by atoms with E-state index in [1.54, 1.807) is 6.92 Å². The van der Waals surface area contributed by atoms with Gasteiger partial charge in [0, 0.05) is 4.47 Å². The van der Waals surface area contributed by atoms with Gasteiger partial charge >= 0.3 is 5.97 Å². The molecule has 0 fully saturated rings. The molecular formula is C10H7BrClNO2S2. The minimum Gasteiger partial charge on any atom is -0.465 e. The van der Waals surface area contributed by atoms with E-state index < -0.39 is 0 Å². The van der Waals surface area contributed by atoms with Gasteiger partial charge in [0.05, 0.1) is 17.7 Å². The molecule has 2 rings (SSSR count). The number of thiazole rings is 1. The van der Waals surface area contributed by atoms with E-state index in [1.165, 1.54) is 29.8 Å². The van der Waals surface area contributed by atoms with Crippen LogP contribution >= 0.6 is 50.2 Å². The highest BCUT2D eigenvalue weighted by atomic mass is 79.9. The third kappa shape index (κ3) is 2.54. The second-order valence-corrected chi connectivity index (χ2v) is 6.67. The van der Waals surface area contributed by atoms with Gasteiger partial charge in [-0.1, -0.05) is 11.6 Å². The number of esters is 1. The number of hydrogen-bond acceptors (Lipinski definition) is 5. The number of carbonyl (C=O) groups is 1. The molecule has 17 heavy (non-hydrogen) atoms. The van der Waals surface area contributed by atoms with Crippen LogP contribution in [0.5, 0.6) is 0 Å². The van der Waals surface area contributed by atoms with Gasteiger partial charge in [-0.2, -0.15) is 0 Å². The Morgan fingerprint density at radius 3 is 2.76 bits per heavy atom. The average Bonchev–Trinajstić information content (AvgIpc) is 2.82. The molecule has 3 nitrogen and oxygen atoms in total. The molecule has 0 aliphatic rings. The Morgan fingerprint density at radius 1 is 1.53 bits per heavy atom. The van der Waals surface area contributed by atoms with Gasteiger partial charge in [0.2, 0.25) is 0 Å². The molecule has 0 saturated heterocycles. The minimum atomic E-state index is -0.354. The fourth-order valence-corrected chi connectivity index (χ4v) is 3.97. The van der Waals surface area contributed by atoms with Crippen molar-refractivity contribution >= 4 is 56.2 Å². The van der Waals surface area contributed by atoms with Gasteiger partial charge in [-0.3, -0.25) is 0 Å². The number of thiophene rings is 1. The van der Waals surface area contributed by atoms with Gasteiger partial charge in [-0.25, -0.2) is 9.78 Å². The van der Waals surface area contributed by atoms with E-state index in [0.29, 0.717) is 14.9 Å². The van der Waals surface area contributed by atoms with Gasteiger partial charge in [0.25, 0.3) is 0 Å². The predicted octanol–water partition coefficient (Wildman–Crippen LogP) is 4.38. The maximum Gasteiger partial charge on any atom is 0.349 e.